The van der Waals surface area contributed by atoms with Crippen LogP contribution in [0.1, 0.15) is 42.1 Å². The molecule has 1 aliphatic carbocycles. The highest BCUT2D eigenvalue weighted by atomic mass is 16.5. The molecular formula is C16H21N3O. The zero-order chi connectivity index (χ0) is 14.1. The fourth-order valence-electron chi connectivity index (χ4n) is 3.28. The molecule has 0 radical (unpaired) electrons. The monoisotopic (exact) mass is 271 g/mol. The van der Waals surface area contributed by atoms with Crippen molar-refractivity contribution in [2.75, 3.05) is 7.11 Å². The van der Waals surface area contributed by atoms with Crippen LogP contribution in [0.25, 0.3) is 0 Å². The number of nitrogens with zero attached hydrogens (tertiary/aromatic N) is 2. The molecule has 0 bridgehead atoms. The zero-order valence-corrected chi connectivity index (χ0v) is 12.0. The maximum absolute atomic E-state index is 6.57. The number of aryl methyl sites for hydroxylation is 2. The second kappa shape index (κ2) is 5.29. The second-order valence-corrected chi connectivity index (χ2v) is 5.28. The third kappa shape index (κ3) is 2.00. The maximum atomic E-state index is 6.57. The Morgan fingerprint density at radius 3 is 3.00 bits per heavy atom. The van der Waals surface area contributed by atoms with Crippen molar-refractivity contribution in [2.24, 2.45) is 5.73 Å². The van der Waals surface area contributed by atoms with E-state index in [4.69, 9.17) is 10.5 Å². The number of fused-ring (bicyclic) bond motifs is 1. The standard InChI is InChI=1S/C16H21N3O/c1-3-19-16(14(20-2)10-18-19)15(17)13-9-8-11-6-4-5-7-12(11)13/h4-7,10,13,15H,3,8-9,17H2,1-2H3. The van der Waals surface area contributed by atoms with Crippen LogP contribution in [-0.2, 0) is 13.0 Å². The highest BCUT2D eigenvalue weighted by Gasteiger charge is 2.32. The van der Waals surface area contributed by atoms with Crippen LogP contribution in [0.3, 0.4) is 0 Å². The Balaban J connectivity index is 1.98. The third-order valence-electron chi connectivity index (χ3n) is 4.29. The van der Waals surface area contributed by atoms with E-state index in [9.17, 15) is 0 Å². The van der Waals surface area contributed by atoms with Crippen molar-refractivity contribution in [3.8, 4) is 5.75 Å². The van der Waals surface area contributed by atoms with Gasteiger partial charge in [0.05, 0.1) is 25.0 Å². The van der Waals surface area contributed by atoms with Gasteiger partial charge >= 0.3 is 0 Å². The summed E-state index contributed by atoms with van der Waals surface area (Å²) in [4.78, 5) is 0. The number of benzene rings is 1. The van der Waals surface area contributed by atoms with Gasteiger partial charge in [0.25, 0.3) is 0 Å². The van der Waals surface area contributed by atoms with E-state index >= 15 is 0 Å². The first-order chi connectivity index (χ1) is 9.76. The second-order valence-electron chi connectivity index (χ2n) is 5.28. The summed E-state index contributed by atoms with van der Waals surface area (Å²) in [6.07, 6.45) is 3.97. The van der Waals surface area contributed by atoms with E-state index in [0.717, 1.165) is 30.8 Å². The summed E-state index contributed by atoms with van der Waals surface area (Å²) in [6.45, 7) is 2.88. The van der Waals surface area contributed by atoms with Crippen molar-refractivity contribution in [1.29, 1.82) is 0 Å². The summed E-state index contributed by atoms with van der Waals surface area (Å²) in [6, 6.07) is 8.53. The molecule has 3 rings (SSSR count). The van der Waals surface area contributed by atoms with Crippen LogP contribution < -0.4 is 10.5 Å². The van der Waals surface area contributed by atoms with Crippen molar-refractivity contribution in [2.45, 2.75) is 38.3 Å². The van der Waals surface area contributed by atoms with Gasteiger partial charge in [-0.15, -0.1) is 0 Å². The number of aromatic nitrogens is 2. The van der Waals surface area contributed by atoms with Crippen molar-refractivity contribution >= 4 is 0 Å². The minimum atomic E-state index is -0.0731. The van der Waals surface area contributed by atoms with Gasteiger partial charge in [-0.05, 0) is 30.9 Å². The third-order valence-corrected chi connectivity index (χ3v) is 4.29. The minimum Gasteiger partial charge on any atom is -0.493 e. The Morgan fingerprint density at radius 1 is 1.45 bits per heavy atom. The number of ether oxygens (including phenoxy) is 1. The van der Waals surface area contributed by atoms with Gasteiger partial charge in [0, 0.05) is 12.5 Å². The fraction of sp³-hybridized carbons (Fsp3) is 0.438. The van der Waals surface area contributed by atoms with Gasteiger partial charge in [0.15, 0.2) is 5.75 Å². The van der Waals surface area contributed by atoms with Crippen molar-refractivity contribution in [3.05, 3.63) is 47.3 Å². The van der Waals surface area contributed by atoms with E-state index in [1.807, 2.05) is 4.68 Å². The zero-order valence-electron chi connectivity index (χ0n) is 12.0. The molecule has 0 spiro atoms. The topological polar surface area (TPSA) is 53.1 Å². The predicted molar refractivity (Wildman–Crippen MR) is 78.9 cm³/mol. The van der Waals surface area contributed by atoms with Crippen molar-refractivity contribution in [3.63, 3.8) is 0 Å². The highest BCUT2D eigenvalue weighted by Crippen LogP contribution is 2.42. The molecule has 4 nitrogen and oxygen atoms in total. The number of hydrogen-bond donors (Lipinski definition) is 1. The lowest BCUT2D eigenvalue weighted by Crippen LogP contribution is -2.22. The molecule has 0 saturated heterocycles. The molecule has 2 N–H and O–H groups in total. The van der Waals surface area contributed by atoms with Crippen LogP contribution in [0, 0.1) is 0 Å². The first-order valence-electron chi connectivity index (χ1n) is 7.19. The Labute approximate surface area is 119 Å². The molecule has 1 aromatic heterocycles. The van der Waals surface area contributed by atoms with E-state index < -0.39 is 0 Å². The van der Waals surface area contributed by atoms with Crippen molar-refractivity contribution < 1.29 is 4.74 Å². The van der Waals surface area contributed by atoms with Gasteiger partial charge in [-0.2, -0.15) is 5.10 Å². The molecule has 1 aliphatic rings. The number of nitrogens with two attached hydrogens (primary N) is 1. The Morgan fingerprint density at radius 2 is 2.25 bits per heavy atom. The Kier molecular flexibility index (Phi) is 3.49. The van der Waals surface area contributed by atoms with Crippen LogP contribution in [0.4, 0.5) is 0 Å². The summed E-state index contributed by atoms with van der Waals surface area (Å²) in [5.41, 5.74) is 10.4. The van der Waals surface area contributed by atoms with Gasteiger partial charge < -0.3 is 10.5 Å². The molecule has 1 aromatic carbocycles. The summed E-state index contributed by atoms with van der Waals surface area (Å²) >= 11 is 0. The molecule has 20 heavy (non-hydrogen) atoms. The Hall–Kier alpha value is -1.81. The molecule has 0 fully saturated rings. The maximum Gasteiger partial charge on any atom is 0.161 e. The highest BCUT2D eigenvalue weighted by molar-refractivity contribution is 5.39. The van der Waals surface area contributed by atoms with Crippen LogP contribution in [-0.4, -0.2) is 16.9 Å². The molecule has 1 heterocycles. The lowest BCUT2D eigenvalue weighted by Gasteiger charge is -2.22. The lowest BCUT2D eigenvalue weighted by atomic mass is 9.91. The van der Waals surface area contributed by atoms with Gasteiger partial charge in [0.2, 0.25) is 0 Å². The Bertz CT molecular complexity index is 584. The molecule has 0 aliphatic heterocycles. The molecule has 2 unspecified atom stereocenters. The number of rotatable bonds is 4. The molecular weight excluding hydrogens is 250 g/mol. The smallest absolute Gasteiger partial charge is 0.161 e. The average molecular weight is 271 g/mol. The SMILES string of the molecule is CCn1ncc(OC)c1C(N)C1CCc2ccccc21. The molecule has 106 valence electrons. The molecule has 4 heteroatoms. The average Bonchev–Trinajstić information content (AvgIpc) is 3.10. The van der Waals surface area contributed by atoms with Crippen LogP contribution in [0.5, 0.6) is 5.75 Å². The lowest BCUT2D eigenvalue weighted by molar-refractivity contribution is 0.393. The van der Waals surface area contributed by atoms with Gasteiger partial charge in [-0.3, -0.25) is 4.68 Å². The van der Waals surface area contributed by atoms with E-state index in [0.29, 0.717) is 5.92 Å². The van der Waals surface area contributed by atoms with Gasteiger partial charge in [-0.25, -0.2) is 0 Å². The predicted octanol–water partition coefficient (Wildman–Crippen LogP) is 2.64. The van der Waals surface area contributed by atoms with Crippen LogP contribution in [0.2, 0.25) is 0 Å². The molecule has 2 aromatic rings. The number of hydrogen-bond acceptors (Lipinski definition) is 3. The van der Waals surface area contributed by atoms with Gasteiger partial charge in [-0.1, -0.05) is 24.3 Å². The molecule has 0 amide bonds. The quantitative estimate of drug-likeness (QED) is 0.930. The minimum absolute atomic E-state index is 0.0731. The number of methoxy groups -OCH3 is 1. The molecule has 2 atom stereocenters. The largest absolute Gasteiger partial charge is 0.493 e. The van der Waals surface area contributed by atoms with Crippen LogP contribution >= 0.6 is 0 Å². The van der Waals surface area contributed by atoms with E-state index in [1.165, 1.54) is 11.1 Å². The van der Waals surface area contributed by atoms with E-state index in [1.54, 1.807) is 13.3 Å². The normalized spacial score (nSPS) is 18.9. The van der Waals surface area contributed by atoms with Crippen LogP contribution in [0.15, 0.2) is 30.5 Å². The summed E-state index contributed by atoms with van der Waals surface area (Å²) < 4.78 is 7.38. The first-order valence-corrected chi connectivity index (χ1v) is 7.19. The van der Waals surface area contributed by atoms with Crippen molar-refractivity contribution in [1.82, 2.24) is 9.78 Å². The molecule has 0 saturated carbocycles. The van der Waals surface area contributed by atoms with E-state index in [2.05, 4.69) is 36.3 Å². The fourth-order valence-corrected chi connectivity index (χ4v) is 3.28. The summed E-state index contributed by atoms with van der Waals surface area (Å²) in [7, 11) is 1.68. The first kappa shape index (κ1) is 13.2. The summed E-state index contributed by atoms with van der Waals surface area (Å²) in [5, 5.41) is 4.37. The van der Waals surface area contributed by atoms with E-state index in [-0.39, 0.29) is 6.04 Å². The van der Waals surface area contributed by atoms with Gasteiger partial charge in [0.1, 0.15) is 0 Å². The summed E-state index contributed by atoms with van der Waals surface area (Å²) in [5.74, 6) is 1.14.